The van der Waals surface area contributed by atoms with Gasteiger partial charge in [-0.25, -0.2) is 0 Å². The van der Waals surface area contributed by atoms with E-state index in [1.165, 1.54) is 10.9 Å². The van der Waals surface area contributed by atoms with E-state index in [0.29, 0.717) is 12.0 Å². The van der Waals surface area contributed by atoms with Gasteiger partial charge in [0.1, 0.15) is 0 Å². The van der Waals surface area contributed by atoms with Crippen molar-refractivity contribution in [1.29, 1.82) is 0 Å². The maximum Gasteiger partial charge on any atom is 0.156 e. The molecule has 1 aliphatic heterocycles. The van der Waals surface area contributed by atoms with Gasteiger partial charge < -0.3 is 5.32 Å². The lowest BCUT2D eigenvalue weighted by molar-refractivity contribution is 0.503. The van der Waals surface area contributed by atoms with Crippen LogP contribution >= 0.6 is 11.8 Å². The van der Waals surface area contributed by atoms with E-state index >= 15 is 0 Å². The number of amidine groups is 1. The fraction of sp³-hybridized carbons (Fsp3) is 0.412. The van der Waals surface area contributed by atoms with Crippen molar-refractivity contribution >= 4 is 27.8 Å². The monoisotopic (exact) mass is 299 g/mol. The minimum Gasteiger partial charge on any atom is -0.361 e. The molecular weight excluding hydrogens is 278 g/mol. The lowest BCUT2D eigenvalue weighted by Crippen LogP contribution is -2.31. The minimum absolute atomic E-state index is 0.563. The first-order chi connectivity index (χ1) is 10.2. The number of hydrogen-bond acceptors (Lipinski definition) is 3. The number of aliphatic imine (C=N–C) groups is 1. The molecular formula is C17H21N3S. The average Bonchev–Trinajstić information content (AvgIpc) is 2.97. The van der Waals surface area contributed by atoms with Crippen molar-refractivity contribution in [2.75, 3.05) is 12.3 Å². The highest BCUT2D eigenvalue weighted by atomic mass is 32.2. The van der Waals surface area contributed by atoms with Crippen LogP contribution in [0.5, 0.6) is 0 Å². The molecule has 0 aliphatic carbocycles. The molecule has 3 nitrogen and oxygen atoms in total. The zero-order valence-electron chi connectivity index (χ0n) is 12.5. The maximum atomic E-state index is 4.70. The molecule has 1 saturated heterocycles. The van der Waals surface area contributed by atoms with Crippen molar-refractivity contribution in [3.05, 3.63) is 42.1 Å². The number of rotatable bonds is 4. The summed E-state index contributed by atoms with van der Waals surface area (Å²) >= 11 is 1.84. The third-order valence-electron chi connectivity index (χ3n) is 3.87. The van der Waals surface area contributed by atoms with Crippen molar-refractivity contribution in [3.8, 4) is 0 Å². The molecule has 0 amide bonds. The molecule has 21 heavy (non-hydrogen) atoms. The quantitative estimate of drug-likeness (QED) is 0.939. The Morgan fingerprint density at radius 3 is 3.00 bits per heavy atom. The summed E-state index contributed by atoms with van der Waals surface area (Å²) in [7, 11) is 0. The van der Waals surface area contributed by atoms with Gasteiger partial charge in [-0.05, 0) is 24.0 Å². The first kappa shape index (κ1) is 14.4. The lowest BCUT2D eigenvalue weighted by atomic mass is 10.1. The van der Waals surface area contributed by atoms with Gasteiger partial charge in [0.05, 0.1) is 5.52 Å². The summed E-state index contributed by atoms with van der Waals surface area (Å²) in [6.07, 6.45) is 2.80. The highest BCUT2D eigenvalue weighted by Gasteiger charge is 2.22. The third-order valence-corrected chi connectivity index (χ3v) is 4.91. The average molecular weight is 299 g/mol. The highest BCUT2D eigenvalue weighted by Crippen LogP contribution is 2.20. The van der Waals surface area contributed by atoms with E-state index in [9.17, 15) is 0 Å². The Morgan fingerprint density at radius 1 is 1.33 bits per heavy atom. The molecule has 2 heterocycles. The van der Waals surface area contributed by atoms with Crippen molar-refractivity contribution in [3.63, 3.8) is 0 Å². The third kappa shape index (κ3) is 3.38. The van der Waals surface area contributed by atoms with E-state index in [0.717, 1.165) is 29.4 Å². The van der Waals surface area contributed by atoms with Crippen LogP contribution in [0.25, 0.3) is 10.9 Å². The van der Waals surface area contributed by atoms with Gasteiger partial charge in [-0.15, -0.1) is 0 Å². The Balaban J connectivity index is 1.65. The van der Waals surface area contributed by atoms with E-state index in [1.807, 2.05) is 24.0 Å². The zero-order chi connectivity index (χ0) is 14.7. The van der Waals surface area contributed by atoms with Crippen molar-refractivity contribution in [1.82, 2.24) is 10.3 Å². The van der Waals surface area contributed by atoms with Crippen molar-refractivity contribution in [2.24, 2.45) is 10.9 Å². The summed E-state index contributed by atoms with van der Waals surface area (Å²) in [6, 6.07) is 11.0. The zero-order valence-corrected chi connectivity index (χ0v) is 13.4. The Morgan fingerprint density at radius 2 is 2.19 bits per heavy atom. The smallest absolute Gasteiger partial charge is 0.156 e. The summed E-state index contributed by atoms with van der Waals surface area (Å²) in [5.41, 5.74) is 2.38. The molecule has 110 valence electrons. The van der Waals surface area contributed by atoms with Crippen LogP contribution in [0, 0.1) is 5.92 Å². The Labute approximate surface area is 130 Å². The van der Waals surface area contributed by atoms with E-state index < -0.39 is 0 Å². The van der Waals surface area contributed by atoms with Crippen LogP contribution in [0.1, 0.15) is 19.4 Å². The minimum atomic E-state index is 0.563. The Bertz CT molecular complexity index is 646. The predicted octanol–water partition coefficient (Wildman–Crippen LogP) is 3.49. The van der Waals surface area contributed by atoms with E-state index in [2.05, 4.69) is 48.4 Å². The maximum absolute atomic E-state index is 4.70. The molecule has 1 atom stereocenters. The lowest BCUT2D eigenvalue weighted by Gasteiger charge is -2.13. The molecule has 2 aromatic rings. The molecule has 1 aromatic carbocycles. The van der Waals surface area contributed by atoms with Crippen LogP contribution in [-0.2, 0) is 6.42 Å². The van der Waals surface area contributed by atoms with Crippen LogP contribution < -0.4 is 5.32 Å². The molecule has 4 heteroatoms. The second-order valence-corrected chi connectivity index (χ2v) is 6.74. The molecule has 1 N–H and O–H groups in total. The molecule has 0 radical (unpaired) electrons. The van der Waals surface area contributed by atoms with Gasteiger partial charge >= 0.3 is 0 Å². The van der Waals surface area contributed by atoms with Gasteiger partial charge in [-0.3, -0.25) is 9.98 Å². The number of hydrogen-bond donors (Lipinski definition) is 1. The number of fused-ring (bicyclic) bond motifs is 1. The molecule has 0 bridgehead atoms. The van der Waals surface area contributed by atoms with Crippen LogP contribution in [0.15, 0.2) is 41.5 Å². The standard InChI is InChI=1S/C17H21N3S/c1-12(2)15-11-21-17(20-15)19-10-8-14-6-3-5-13-7-4-9-18-16(13)14/h3-7,9,12,15H,8,10-11H2,1-2H3,(H,19,20). The second-order valence-electron chi connectivity index (χ2n) is 5.73. The number of pyridine rings is 1. The summed E-state index contributed by atoms with van der Waals surface area (Å²) in [4.78, 5) is 9.20. The summed E-state index contributed by atoms with van der Waals surface area (Å²) in [6.45, 7) is 5.32. The number of thioether (sulfide) groups is 1. The fourth-order valence-corrected chi connectivity index (χ4v) is 3.73. The molecule has 1 aromatic heterocycles. The van der Waals surface area contributed by atoms with Crippen LogP contribution in [0.4, 0.5) is 0 Å². The summed E-state index contributed by atoms with van der Waals surface area (Å²) < 4.78 is 0. The number of nitrogens with one attached hydrogen (secondary N) is 1. The number of nitrogens with zero attached hydrogens (tertiary/aromatic N) is 2. The Kier molecular flexibility index (Phi) is 4.44. The Hall–Kier alpha value is -1.55. The molecule has 1 unspecified atom stereocenters. The molecule has 1 aliphatic rings. The normalized spacial score (nSPS) is 20.3. The van der Waals surface area contributed by atoms with Crippen molar-refractivity contribution < 1.29 is 0 Å². The van der Waals surface area contributed by atoms with E-state index in [-0.39, 0.29) is 0 Å². The van der Waals surface area contributed by atoms with Gasteiger partial charge in [-0.1, -0.05) is 49.9 Å². The number of para-hydroxylation sites is 1. The van der Waals surface area contributed by atoms with Gasteiger partial charge in [0, 0.05) is 29.9 Å². The van der Waals surface area contributed by atoms with E-state index in [1.54, 1.807) is 0 Å². The van der Waals surface area contributed by atoms with Crippen LogP contribution in [0.2, 0.25) is 0 Å². The molecule has 0 spiro atoms. The first-order valence-electron chi connectivity index (χ1n) is 7.50. The van der Waals surface area contributed by atoms with Gasteiger partial charge in [0.2, 0.25) is 0 Å². The van der Waals surface area contributed by atoms with Crippen LogP contribution in [0.3, 0.4) is 0 Å². The van der Waals surface area contributed by atoms with Gasteiger partial charge in [0.15, 0.2) is 5.17 Å². The number of benzene rings is 1. The first-order valence-corrected chi connectivity index (χ1v) is 8.49. The predicted molar refractivity (Wildman–Crippen MR) is 92.0 cm³/mol. The molecule has 1 fully saturated rings. The van der Waals surface area contributed by atoms with Crippen molar-refractivity contribution in [2.45, 2.75) is 26.3 Å². The highest BCUT2D eigenvalue weighted by molar-refractivity contribution is 8.14. The van der Waals surface area contributed by atoms with Gasteiger partial charge in [-0.2, -0.15) is 0 Å². The molecule has 3 rings (SSSR count). The fourth-order valence-electron chi connectivity index (χ4n) is 2.51. The second kappa shape index (κ2) is 6.48. The summed E-state index contributed by atoms with van der Waals surface area (Å²) in [5.74, 6) is 1.79. The summed E-state index contributed by atoms with van der Waals surface area (Å²) in [5, 5.41) is 5.81. The largest absolute Gasteiger partial charge is 0.361 e. The van der Waals surface area contributed by atoms with E-state index in [4.69, 9.17) is 4.99 Å². The van der Waals surface area contributed by atoms with Crippen LogP contribution in [-0.4, -0.2) is 28.5 Å². The topological polar surface area (TPSA) is 37.3 Å². The molecule has 0 saturated carbocycles. The van der Waals surface area contributed by atoms with Gasteiger partial charge in [0.25, 0.3) is 0 Å². The SMILES string of the molecule is CC(C)C1CSC(=NCCc2cccc3cccnc23)N1. The number of aromatic nitrogens is 1.